The van der Waals surface area contributed by atoms with Crippen LogP contribution in [0, 0.1) is 0 Å². The van der Waals surface area contributed by atoms with E-state index in [0.717, 1.165) is 11.8 Å². The lowest BCUT2D eigenvalue weighted by atomic mass is 9.80. The van der Waals surface area contributed by atoms with Crippen molar-refractivity contribution in [3.63, 3.8) is 0 Å². The number of ether oxygens (including phenoxy) is 2. The van der Waals surface area contributed by atoms with Crippen molar-refractivity contribution in [1.82, 2.24) is 9.62 Å². The number of fused-ring (bicyclic) bond motifs is 1. The van der Waals surface area contributed by atoms with Gasteiger partial charge >= 0.3 is 0 Å². The van der Waals surface area contributed by atoms with E-state index in [2.05, 4.69) is 5.32 Å². The smallest absolute Gasteiger partial charge is 0.212 e. The molecule has 0 spiro atoms. The van der Waals surface area contributed by atoms with E-state index in [1.54, 1.807) is 32.0 Å². The number of aliphatic hydroxyl groups excluding tert-OH is 1. The average Bonchev–Trinajstić information content (AvgIpc) is 2.70. The maximum Gasteiger partial charge on any atom is 0.212 e. The molecule has 0 aromatic heterocycles. The van der Waals surface area contributed by atoms with E-state index in [1.807, 2.05) is 30.3 Å². The Kier molecular flexibility index (Phi) is 6.15. The van der Waals surface area contributed by atoms with Gasteiger partial charge in [0.2, 0.25) is 10.0 Å². The van der Waals surface area contributed by atoms with Gasteiger partial charge in [-0.3, -0.25) is 5.32 Å². The number of likely N-dealkylation sites (N-methyl/N-ethyl adjacent to an activating group) is 1. The van der Waals surface area contributed by atoms with Crippen LogP contribution in [0.3, 0.4) is 0 Å². The van der Waals surface area contributed by atoms with Crippen LogP contribution in [0.2, 0.25) is 0 Å². The number of nitrogens with zero attached hydrogens (tertiary/aromatic N) is 1. The highest BCUT2D eigenvalue weighted by atomic mass is 32.2. The Morgan fingerprint density at radius 2 is 1.87 bits per heavy atom. The van der Waals surface area contributed by atoms with Crippen LogP contribution >= 0.6 is 0 Å². The van der Waals surface area contributed by atoms with E-state index in [-0.39, 0.29) is 0 Å². The van der Waals surface area contributed by atoms with Gasteiger partial charge in [0, 0.05) is 19.2 Å². The van der Waals surface area contributed by atoms with Crippen molar-refractivity contribution >= 4 is 10.0 Å². The quantitative estimate of drug-likeness (QED) is 0.649. The molecule has 8 heteroatoms. The van der Waals surface area contributed by atoms with E-state index < -0.39 is 27.4 Å². The zero-order valence-electron chi connectivity index (χ0n) is 18.0. The summed E-state index contributed by atoms with van der Waals surface area (Å²) in [6.07, 6.45) is 0.594. The Bertz CT molecular complexity index is 994. The monoisotopic (exact) mass is 434 g/mol. The Balaban J connectivity index is 2.13. The number of methoxy groups -OCH3 is 1. The minimum absolute atomic E-state index is 0.438. The van der Waals surface area contributed by atoms with Crippen LogP contribution in [0.5, 0.6) is 11.5 Å². The highest BCUT2D eigenvalue weighted by Gasteiger charge is 2.58. The van der Waals surface area contributed by atoms with E-state index in [9.17, 15) is 13.5 Å². The molecule has 2 N–H and O–H groups in total. The molecule has 0 saturated carbocycles. The first-order valence-electron chi connectivity index (χ1n) is 9.81. The predicted octanol–water partition coefficient (Wildman–Crippen LogP) is 2.10. The van der Waals surface area contributed by atoms with Crippen molar-refractivity contribution in [2.24, 2.45) is 0 Å². The van der Waals surface area contributed by atoms with Gasteiger partial charge < -0.3 is 14.6 Å². The molecule has 2 atom stereocenters. The minimum atomic E-state index is -3.69. The van der Waals surface area contributed by atoms with Gasteiger partial charge in [-0.15, -0.1) is 0 Å². The van der Waals surface area contributed by atoms with Gasteiger partial charge in [-0.2, -0.15) is 4.31 Å². The number of hydrogen-bond donors (Lipinski definition) is 2. The fourth-order valence-corrected chi connectivity index (χ4v) is 4.75. The summed E-state index contributed by atoms with van der Waals surface area (Å²) in [6.45, 7) is 3.93. The summed E-state index contributed by atoms with van der Waals surface area (Å²) < 4.78 is 38.0. The molecule has 0 amide bonds. The van der Waals surface area contributed by atoms with E-state index >= 15 is 0 Å². The number of hydrogen-bond acceptors (Lipinski definition) is 6. The summed E-state index contributed by atoms with van der Waals surface area (Å²) in [4.78, 5) is 0. The van der Waals surface area contributed by atoms with Gasteiger partial charge in [-0.05, 0) is 44.0 Å². The van der Waals surface area contributed by atoms with Gasteiger partial charge in [0.05, 0.1) is 13.4 Å². The average molecular weight is 435 g/mol. The molecule has 0 fully saturated rings. The van der Waals surface area contributed by atoms with E-state index in [1.165, 1.54) is 18.5 Å². The largest absolute Gasteiger partial charge is 0.497 e. The van der Waals surface area contributed by atoms with Crippen LogP contribution < -0.4 is 14.8 Å². The van der Waals surface area contributed by atoms with Crippen molar-refractivity contribution in [2.75, 3.05) is 27.0 Å². The number of benzene rings is 2. The third kappa shape index (κ3) is 4.05. The maximum absolute atomic E-state index is 12.7. The van der Waals surface area contributed by atoms with Gasteiger partial charge in [0.15, 0.2) is 0 Å². The second-order valence-corrected chi connectivity index (χ2v) is 10.1. The minimum Gasteiger partial charge on any atom is -0.497 e. The summed E-state index contributed by atoms with van der Waals surface area (Å²) in [7, 11) is -0.678. The molecule has 3 rings (SSSR count). The Hall–Kier alpha value is -2.13. The lowest BCUT2D eigenvalue weighted by Crippen LogP contribution is -2.71. The van der Waals surface area contributed by atoms with Crippen LogP contribution in [0.1, 0.15) is 25.0 Å². The molecule has 164 valence electrons. The van der Waals surface area contributed by atoms with Crippen LogP contribution in [0.25, 0.3) is 0 Å². The summed E-state index contributed by atoms with van der Waals surface area (Å²) >= 11 is 0. The zero-order chi connectivity index (χ0) is 22.2. The molecule has 0 saturated heterocycles. The third-order valence-electron chi connectivity index (χ3n) is 5.67. The molecule has 7 nitrogen and oxygen atoms in total. The van der Waals surface area contributed by atoms with Crippen molar-refractivity contribution in [3.8, 4) is 11.5 Å². The fraction of sp³-hybridized carbons (Fsp3) is 0.455. The van der Waals surface area contributed by atoms with Crippen molar-refractivity contribution in [2.45, 2.75) is 37.6 Å². The molecule has 0 aliphatic carbocycles. The first kappa shape index (κ1) is 22.6. The Morgan fingerprint density at radius 1 is 1.20 bits per heavy atom. The lowest BCUT2D eigenvalue weighted by Gasteiger charge is -2.53. The van der Waals surface area contributed by atoms with Crippen molar-refractivity contribution < 1.29 is 23.0 Å². The third-order valence-corrected chi connectivity index (χ3v) is 6.95. The number of rotatable bonds is 7. The SMILES string of the molecule is COc1ccc2c(c1)[C@](NCCc1ccccc1)(N(C)S(C)(=O)=O)[C@@H](O)C(C)(C)O2. The molecule has 1 aliphatic rings. The first-order valence-corrected chi connectivity index (χ1v) is 11.7. The summed E-state index contributed by atoms with van der Waals surface area (Å²) in [5, 5.41) is 14.8. The molecule has 1 aliphatic heterocycles. The van der Waals surface area contributed by atoms with Gasteiger partial charge in [0.25, 0.3) is 0 Å². The zero-order valence-corrected chi connectivity index (χ0v) is 18.9. The fourth-order valence-electron chi connectivity index (χ4n) is 3.96. The summed E-state index contributed by atoms with van der Waals surface area (Å²) in [5.74, 6) is 1.04. The summed E-state index contributed by atoms with van der Waals surface area (Å²) in [5.41, 5.74) is -0.864. The standard InChI is InChI=1S/C22H30N2O5S/c1-21(2)20(25)22(24(3)30(5,26)27,23-14-13-16-9-7-6-8-10-16)18-15-17(28-4)11-12-19(18)29-21/h6-12,15,20,23,25H,13-14H2,1-5H3/t20-,22-/m0/s1. The molecule has 0 bridgehead atoms. The second kappa shape index (κ2) is 8.19. The van der Waals surface area contributed by atoms with Crippen molar-refractivity contribution in [3.05, 3.63) is 59.7 Å². The Labute approximate surface area is 178 Å². The second-order valence-electron chi connectivity index (χ2n) is 8.13. The maximum atomic E-state index is 12.7. The van der Waals surface area contributed by atoms with Crippen LogP contribution in [0.4, 0.5) is 0 Å². The predicted molar refractivity (Wildman–Crippen MR) is 116 cm³/mol. The highest BCUT2D eigenvalue weighted by molar-refractivity contribution is 7.88. The Morgan fingerprint density at radius 3 is 2.47 bits per heavy atom. The van der Waals surface area contributed by atoms with Crippen LogP contribution in [-0.2, 0) is 22.1 Å². The van der Waals surface area contributed by atoms with E-state index in [0.29, 0.717) is 30.0 Å². The molecule has 30 heavy (non-hydrogen) atoms. The normalized spacial score (nSPS) is 23.0. The summed E-state index contributed by atoms with van der Waals surface area (Å²) in [6, 6.07) is 15.1. The number of sulfonamides is 1. The lowest BCUT2D eigenvalue weighted by molar-refractivity contribution is -0.132. The number of nitrogens with one attached hydrogen (secondary N) is 1. The molecule has 0 unspecified atom stereocenters. The molecular formula is C22H30N2O5S. The van der Waals surface area contributed by atoms with E-state index in [4.69, 9.17) is 9.47 Å². The molecule has 2 aromatic carbocycles. The molecule has 0 radical (unpaired) electrons. The van der Waals surface area contributed by atoms with Gasteiger partial charge in [0.1, 0.15) is 28.9 Å². The first-order chi connectivity index (χ1) is 14.0. The highest BCUT2D eigenvalue weighted by Crippen LogP contribution is 2.47. The van der Waals surface area contributed by atoms with Gasteiger partial charge in [-0.1, -0.05) is 30.3 Å². The van der Waals surface area contributed by atoms with Crippen molar-refractivity contribution in [1.29, 1.82) is 0 Å². The molecule has 2 aromatic rings. The van der Waals surface area contributed by atoms with Crippen LogP contribution in [0.15, 0.2) is 48.5 Å². The molecule has 1 heterocycles. The topological polar surface area (TPSA) is 88.1 Å². The van der Waals surface area contributed by atoms with Gasteiger partial charge in [-0.25, -0.2) is 8.42 Å². The van der Waals surface area contributed by atoms with Crippen LogP contribution in [-0.4, -0.2) is 56.5 Å². The number of aliphatic hydroxyl groups is 1. The molecular weight excluding hydrogens is 404 g/mol.